The van der Waals surface area contributed by atoms with Crippen LogP contribution in [0.1, 0.15) is 11.1 Å². The molecule has 0 aliphatic rings. The van der Waals surface area contributed by atoms with Gasteiger partial charge in [0.2, 0.25) is 0 Å². The van der Waals surface area contributed by atoms with Crippen LogP contribution in [-0.4, -0.2) is 28.4 Å². The lowest BCUT2D eigenvalue weighted by Crippen LogP contribution is -1.78. The van der Waals surface area contributed by atoms with E-state index in [1.54, 1.807) is 28.4 Å². The average molecular weight is 274 g/mol. The highest BCUT2D eigenvalue weighted by molar-refractivity contribution is 5.63. The summed E-state index contributed by atoms with van der Waals surface area (Å²) in [4.78, 5) is 0. The smallest absolute Gasteiger partial charge is 0.0351 e. The zero-order valence-electron chi connectivity index (χ0n) is 13.4. The van der Waals surface area contributed by atoms with Gasteiger partial charge in [0, 0.05) is 28.4 Å². The molecule has 0 heterocycles. The molecule has 0 aliphatic carbocycles. The number of ether oxygens (including phenoxy) is 2. The molecule has 0 spiro atoms. The van der Waals surface area contributed by atoms with Gasteiger partial charge in [0.05, 0.1) is 0 Å². The van der Waals surface area contributed by atoms with Crippen LogP contribution in [0.3, 0.4) is 0 Å². The molecule has 0 bridgehead atoms. The first kappa shape index (κ1) is 18.4. The van der Waals surface area contributed by atoms with Gasteiger partial charge < -0.3 is 9.47 Å². The van der Waals surface area contributed by atoms with Crippen LogP contribution >= 0.6 is 0 Å². The van der Waals surface area contributed by atoms with Crippen molar-refractivity contribution >= 4 is 0 Å². The number of aryl methyl sites for hydroxylation is 2. The maximum absolute atomic E-state index is 4.25. The van der Waals surface area contributed by atoms with Gasteiger partial charge in [-0.3, -0.25) is 0 Å². The molecule has 0 aliphatic heterocycles. The standard InChI is InChI=1S/C14H14.2C2H6O/c1-11-3-7-13(8-4-11)14-9-5-12(2)6-10-14;2*1-3-2/h3-10H,1-2H3;2*1-2H3. The van der Waals surface area contributed by atoms with Gasteiger partial charge in [0.15, 0.2) is 0 Å². The second kappa shape index (κ2) is 11.2. The first-order valence-electron chi connectivity index (χ1n) is 6.53. The lowest BCUT2D eigenvalue weighted by molar-refractivity contribution is 0.277. The van der Waals surface area contributed by atoms with E-state index >= 15 is 0 Å². The van der Waals surface area contributed by atoms with E-state index in [2.05, 4.69) is 71.9 Å². The van der Waals surface area contributed by atoms with Gasteiger partial charge >= 0.3 is 0 Å². The van der Waals surface area contributed by atoms with E-state index in [4.69, 9.17) is 0 Å². The van der Waals surface area contributed by atoms with Crippen molar-refractivity contribution in [3.8, 4) is 11.1 Å². The van der Waals surface area contributed by atoms with Crippen molar-refractivity contribution in [1.29, 1.82) is 0 Å². The van der Waals surface area contributed by atoms with Crippen LogP contribution < -0.4 is 0 Å². The molecule has 0 radical (unpaired) electrons. The maximum Gasteiger partial charge on any atom is 0.0351 e. The van der Waals surface area contributed by atoms with Crippen molar-refractivity contribution in [1.82, 2.24) is 0 Å². The Labute approximate surface area is 123 Å². The third-order valence-electron chi connectivity index (χ3n) is 2.44. The second-order valence-electron chi connectivity index (χ2n) is 4.55. The summed E-state index contributed by atoms with van der Waals surface area (Å²) in [6, 6.07) is 17.3. The van der Waals surface area contributed by atoms with Crippen molar-refractivity contribution in [3.05, 3.63) is 59.7 Å². The summed E-state index contributed by atoms with van der Waals surface area (Å²) in [5, 5.41) is 0. The summed E-state index contributed by atoms with van der Waals surface area (Å²) in [5.41, 5.74) is 5.19. The summed E-state index contributed by atoms with van der Waals surface area (Å²) < 4.78 is 8.50. The molecule has 2 rings (SSSR count). The summed E-state index contributed by atoms with van der Waals surface area (Å²) in [6.07, 6.45) is 0. The Morgan fingerprint density at radius 2 is 0.700 bits per heavy atom. The minimum atomic E-state index is 1.29. The SMILES string of the molecule is COC.COC.Cc1ccc(-c2ccc(C)cc2)cc1. The number of methoxy groups -OCH3 is 2. The van der Waals surface area contributed by atoms with E-state index in [1.165, 1.54) is 22.3 Å². The number of benzene rings is 2. The Morgan fingerprint density at radius 3 is 0.900 bits per heavy atom. The number of rotatable bonds is 1. The average Bonchev–Trinajstić information content (AvgIpc) is 2.42. The molecule has 20 heavy (non-hydrogen) atoms. The zero-order valence-corrected chi connectivity index (χ0v) is 13.4. The van der Waals surface area contributed by atoms with Crippen molar-refractivity contribution < 1.29 is 9.47 Å². The molecule has 0 atom stereocenters. The van der Waals surface area contributed by atoms with Crippen LogP contribution in [0.25, 0.3) is 11.1 Å². The van der Waals surface area contributed by atoms with E-state index in [-0.39, 0.29) is 0 Å². The normalized spacial score (nSPS) is 8.90. The van der Waals surface area contributed by atoms with E-state index in [0.717, 1.165) is 0 Å². The molecular formula is C18H26O2. The molecular weight excluding hydrogens is 248 g/mol. The number of hydrogen-bond acceptors (Lipinski definition) is 2. The first-order chi connectivity index (χ1) is 9.58. The Morgan fingerprint density at radius 1 is 0.500 bits per heavy atom. The van der Waals surface area contributed by atoms with Crippen LogP contribution in [0.2, 0.25) is 0 Å². The lowest BCUT2D eigenvalue weighted by Gasteiger charge is -2.02. The molecule has 2 nitrogen and oxygen atoms in total. The first-order valence-corrected chi connectivity index (χ1v) is 6.53. The molecule has 110 valence electrons. The van der Waals surface area contributed by atoms with Gasteiger partial charge in [-0.2, -0.15) is 0 Å². The largest absolute Gasteiger partial charge is 0.388 e. The number of hydrogen-bond donors (Lipinski definition) is 0. The second-order valence-corrected chi connectivity index (χ2v) is 4.55. The van der Waals surface area contributed by atoms with Gasteiger partial charge in [-0.1, -0.05) is 59.7 Å². The van der Waals surface area contributed by atoms with Crippen LogP contribution in [0.4, 0.5) is 0 Å². The van der Waals surface area contributed by atoms with Crippen molar-refractivity contribution in [2.24, 2.45) is 0 Å². The third-order valence-corrected chi connectivity index (χ3v) is 2.44. The Bertz CT molecular complexity index is 398. The predicted molar refractivity (Wildman–Crippen MR) is 87.2 cm³/mol. The molecule has 0 N–H and O–H groups in total. The van der Waals surface area contributed by atoms with Crippen LogP contribution in [0.15, 0.2) is 48.5 Å². The van der Waals surface area contributed by atoms with E-state index in [9.17, 15) is 0 Å². The van der Waals surface area contributed by atoms with Crippen molar-refractivity contribution in [3.63, 3.8) is 0 Å². The van der Waals surface area contributed by atoms with Gasteiger partial charge in [0.1, 0.15) is 0 Å². The molecule has 2 heteroatoms. The fraction of sp³-hybridized carbons (Fsp3) is 0.333. The Hall–Kier alpha value is -1.64. The van der Waals surface area contributed by atoms with E-state index in [1.807, 2.05) is 0 Å². The molecule has 2 aromatic carbocycles. The molecule has 0 saturated heterocycles. The van der Waals surface area contributed by atoms with Crippen molar-refractivity contribution in [2.45, 2.75) is 13.8 Å². The topological polar surface area (TPSA) is 18.5 Å². The minimum Gasteiger partial charge on any atom is -0.388 e. The summed E-state index contributed by atoms with van der Waals surface area (Å²) in [5.74, 6) is 0. The third kappa shape index (κ3) is 7.72. The molecule has 0 aromatic heterocycles. The van der Waals surface area contributed by atoms with Gasteiger partial charge in [-0.05, 0) is 25.0 Å². The van der Waals surface area contributed by atoms with E-state index in [0.29, 0.717) is 0 Å². The summed E-state index contributed by atoms with van der Waals surface area (Å²) in [7, 11) is 6.50. The molecule has 0 amide bonds. The Balaban J connectivity index is 0.000000520. The fourth-order valence-corrected chi connectivity index (χ4v) is 1.49. The zero-order chi connectivity index (χ0) is 15.4. The quantitative estimate of drug-likeness (QED) is 0.762. The summed E-state index contributed by atoms with van der Waals surface area (Å²) >= 11 is 0. The van der Waals surface area contributed by atoms with Gasteiger partial charge in [-0.25, -0.2) is 0 Å². The lowest BCUT2D eigenvalue weighted by atomic mass is 10.0. The highest BCUT2D eigenvalue weighted by Gasteiger charge is 1.95. The summed E-state index contributed by atoms with van der Waals surface area (Å²) in [6.45, 7) is 4.22. The molecule has 0 unspecified atom stereocenters. The van der Waals surface area contributed by atoms with E-state index < -0.39 is 0 Å². The maximum atomic E-state index is 4.25. The van der Waals surface area contributed by atoms with Crippen molar-refractivity contribution in [2.75, 3.05) is 28.4 Å². The highest BCUT2D eigenvalue weighted by atomic mass is 16.5. The minimum absolute atomic E-state index is 1.29. The molecule has 0 fully saturated rings. The molecule has 2 aromatic rings. The Kier molecular flexibility index (Phi) is 10.3. The highest BCUT2D eigenvalue weighted by Crippen LogP contribution is 2.19. The fourth-order valence-electron chi connectivity index (χ4n) is 1.49. The monoisotopic (exact) mass is 274 g/mol. The van der Waals surface area contributed by atoms with Crippen LogP contribution in [0, 0.1) is 13.8 Å². The molecule has 0 saturated carbocycles. The van der Waals surface area contributed by atoms with Crippen LogP contribution in [-0.2, 0) is 9.47 Å². The predicted octanol–water partition coefficient (Wildman–Crippen LogP) is 4.50. The van der Waals surface area contributed by atoms with Gasteiger partial charge in [0.25, 0.3) is 0 Å². The van der Waals surface area contributed by atoms with Crippen LogP contribution in [0.5, 0.6) is 0 Å². The van der Waals surface area contributed by atoms with Gasteiger partial charge in [-0.15, -0.1) is 0 Å².